The van der Waals surface area contributed by atoms with Crippen LogP contribution in [0.4, 0.5) is 9.59 Å². The number of hydrogen-bond acceptors (Lipinski definition) is 18. The van der Waals surface area contributed by atoms with Crippen molar-refractivity contribution < 1.29 is 108 Å². The Bertz CT molecular complexity index is 2780. The average Bonchev–Trinajstić information content (AvgIpc) is 1.52. The zero-order valence-corrected chi connectivity index (χ0v) is 69.4. The maximum Gasteiger partial charge on any atom is 1.00 e. The van der Waals surface area contributed by atoms with Gasteiger partial charge in [0.1, 0.15) is 35.6 Å². The van der Waals surface area contributed by atoms with Crippen LogP contribution in [-0.2, 0) is 33.4 Å². The summed E-state index contributed by atoms with van der Waals surface area (Å²) in [5, 5.41) is 50.1. The molecule has 8 rings (SSSR count). The van der Waals surface area contributed by atoms with Gasteiger partial charge in [-0.3, -0.25) is 33.8 Å². The molecule has 3 aliphatic heterocycles. The predicted octanol–water partition coefficient (Wildman–Crippen LogP) is 9.33. The minimum atomic E-state index is -1.03. The molecule has 0 spiro atoms. The molecule has 6 aliphatic rings. The summed E-state index contributed by atoms with van der Waals surface area (Å²) in [4.78, 5) is 113. The minimum Gasteiger partial charge on any atom is -1.00 e. The summed E-state index contributed by atoms with van der Waals surface area (Å²) in [6.07, 6.45) is 27.8. The molecule has 3 saturated heterocycles. The summed E-state index contributed by atoms with van der Waals surface area (Å²) < 4.78 is 20.5. The number of aliphatic hydroxyl groups is 2. The van der Waals surface area contributed by atoms with E-state index in [-0.39, 0.29) is 93.9 Å². The fraction of sp³-hybridized carbons (Fsp3) is 0.787. The molecular formula is C80H142BN9NaO16. The molecule has 107 heavy (non-hydrogen) atoms. The van der Waals surface area contributed by atoms with Gasteiger partial charge in [-0.1, -0.05) is 138 Å². The summed E-state index contributed by atoms with van der Waals surface area (Å²) in [5.41, 5.74) is -1.23. The van der Waals surface area contributed by atoms with Crippen molar-refractivity contribution in [3.63, 3.8) is 0 Å². The SMILES string of the molecule is C.CC.CCC=O.CCCN1CC(=O)[C@@H](NC(=O)[C@H](CC2CCCCC2)NC(=O)c2ccco2)CC[C@H]1C.CCCN1C[C@H](O)[C@@H](NC(=O)[C@H](CC2CCCCC2)NC(=O)OC(C)(C)C)CC[C@H]1C.C[C@@H]1CC[C@H](NC(=O)[C@H](CC2CCCCC2)NC(=O)OC(C)(C)C)[C@@H](O)CN1.O=C(O)c1ccco1.[B].[H-].[Na+]. The van der Waals surface area contributed by atoms with E-state index in [0.29, 0.717) is 94.0 Å². The van der Waals surface area contributed by atoms with E-state index >= 15 is 0 Å². The van der Waals surface area contributed by atoms with Crippen molar-refractivity contribution in [2.24, 2.45) is 17.8 Å². The Morgan fingerprint density at radius 1 is 0.589 bits per heavy atom. The van der Waals surface area contributed by atoms with E-state index in [4.69, 9.17) is 19.0 Å². The predicted molar refractivity (Wildman–Crippen MR) is 417 cm³/mol. The second-order valence-electron chi connectivity index (χ2n) is 31.1. The maximum atomic E-state index is 13.2. The van der Waals surface area contributed by atoms with Gasteiger partial charge < -0.3 is 77.1 Å². The molecule has 3 aliphatic carbocycles. The van der Waals surface area contributed by atoms with E-state index in [1.807, 2.05) is 41.5 Å². The van der Waals surface area contributed by atoms with Gasteiger partial charge in [0.25, 0.3) is 5.91 Å². The molecule has 0 bridgehead atoms. The third-order valence-electron chi connectivity index (χ3n) is 19.9. The molecule has 27 heteroatoms. The molecule has 11 atom stereocenters. The number of nitrogens with one attached hydrogen (secondary N) is 7. The van der Waals surface area contributed by atoms with Crippen molar-refractivity contribution >= 4 is 62.3 Å². The number of carboxylic acid groups (broad SMARTS) is 1. The number of likely N-dealkylation sites (tertiary alicyclic amines) is 2. The van der Waals surface area contributed by atoms with E-state index in [1.54, 1.807) is 32.9 Å². The zero-order chi connectivity index (χ0) is 77.4. The Morgan fingerprint density at radius 3 is 1.38 bits per heavy atom. The van der Waals surface area contributed by atoms with Crippen LogP contribution in [0, 0.1) is 17.8 Å². The molecule has 6 fully saturated rings. The summed E-state index contributed by atoms with van der Waals surface area (Å²) in [7, 11) is 0. The maximum absolute atomic E-state index is 13.2. The first-order chi connectivity index (χ1) is 49.4. The number of rotatable bonds is 22. The Morgan fingerprint density at radius 2 is 0.981 bits per heavy atom. The van der Waals surface area contributed by atoms with E-state index in [9.17, 15) is 53.4 Å². The first-order valence-electron chi connectivity index (χ1n) is 39.5. The van der Waals surface area contributed by atoms with E-state index < -0.39 is 71.6 Å². The number of nitrogens with zero attached hydrogens (tertiary/aromatic N) is 2. The van der Waals surface area contributed by atoms with Crippen molar-refractivity contribution in [1.82, 2.24) is 47.0 Å². The standard InChI is InChI=1S/C24H37N3O4.C24H45N3O4.C21H39N3O4.C5H4O3.C3H6O.C2H6.CH4.B.Na.H/c1-3-13-27-16-21(28)19(12-11-17(27)2)25-23(29)20(15-18-8-5-4-6-9-18)26-24(30)22-10-7-14-31-22;1-6-14-27-16-21(28)19(13-12-17(27)2)25-22(29)20(15-18-10-8-7-9-11-18)26-23(30)31-24(3,4)5;1-14-10-11-16(18(25)13-22-14)23-19(26)17(12-15-8-6-5-7-9-15)24-20(27)28-21(2,3)4;6-5(7)4-2-1-3-8-4;1-2-3-4;1-2;;;;/h7,10,14,17-20H,3-6,8-9,11-13,15-16H2,1-2H3,(H,25,29)(H,26,30);17-21,28H,6-16H2,1-5H3,(H,25,29)(H,26,30);14-18,22,25H,5-13H2,1-4H3,(H,23,26)(H,24,27);1-3H,(H,6,7);3H,2H2,1H3;1-2H3;1H4;;;/q;;;;;;;;+1;-1/t17-,19+,20+;17-,19+,20+,21+;14-,16+,17+,18+;;;;;;;/m111......./s1. The Hall–Kier alpha value is -5.35. The van der Waals surface area contributed by atoms with Gasteiger partial charge in [0.15, 0.2) is 11.5 Å². The zero-order valence-electron chi connectivity index (χ0n) is 68.4. The summed E-state index contributed by atoms with van der Waals surface area (Å²) in [6, 6.07) is 4.13. The number of carboxylic acids is 1. The van der Waals surface area contributed by atoms with Gasteiger partial charge in [-0.15, -0.1) is 0 Å². The van der Waals surface area contributed by atoms with Crippen LogP contribution in [0.2, 0.25) is 0 Å². The van der Waals surface area contributed by atoms with Gasteiger partial charge in [0, 0.05) is 46.0 Å². The normalized spacial score (nSPS) is 23.3. The number of aldehydes is 1. The average molecular weight is 1520 g/mol. The number of furan rings is 2. The monoisotopic (exact) mass is 1520 g/mol. The van der Waals surface area contributed by atoms with Crippen molar-refractivity contribution in [3.8, 4) is 0 Å². The number of Topliss-reactive ketones (excluding diaryl/α,β-unsaturated/α-hetero) is 1. The summed E-state index contributed by atoms with van der Waals surface area (Å²) >= 11 is 0. The van der Waals surface area contributed by atoms with Crippen LogP contribution in [0.3, 0.4) is 0 Å². The van der Waals surface area contributed by atoms with Crippen molar-refractivity contribution in [3.05, 3.63) is 48.3 Å². The third-order valence-corrected chi connectivity index (χ3v) is 19.9. The van der Waals surface area contributed by atoms with Crippen molar-refractivity contribution in [2.45, 2.75) is 356 Å². The van der Waals surface area contributed by atoms with Gasteiger partial charge in [0.2, 0.25) is 23.5 Å². The number of aliphatic hydroxyl groups excluding tert-OH is 2. The molecule has 25 nitrogen and oxygen atoms in total. The fourth-order valence-electron chi connectivity index (χ4n) is 14.2. The number of carbonyl (C=O) groups is 9. The fourth-order valence-corrected chi connectivity index (χ4v) is 14.2. The van der Waals surface area contributed by atoms with Crippen LogP contribution >= 0.6 is 0 Å². The Kier molecular flexibility index (Phi) is 52.4. The summed E-state index contributed by atoms with van der Waals surface area (Å²) in [6.45, 7) is 30.5. The van der Waals surface area contributed by atoms with Crippen LogP contribution in [0.1, 0.15) is 300 Å². The van der Waals surface area contributed by atoms with Gasteiger partial charge in [-0.2, -0.15) is 0 Å². The first kappa shape index (κ1) is 102. The Labute approximate surface area is 667 Å². The molecule has 0 unspecified atom stereocenters. The molecule has 10 N–H and O–H groups in total. The van der Waals surface area contributed by atoms with Gasteiger partial charge in [-0.05, 0) is 188 Å². The number of ketones is 1. The quantitative estimate of drug-likeness (QED) is 0.0387. The van der Waals surface area contributed by atoms with Crippen molar-refractivity contribution in [2.75, 3.05) is 32.7 Å². The van der Waals surface area contributed by atoms with Crippen LogP contribution in [0.25, 0.3) is 0 Å². The van der Waals surface area contributed by atoms with Gasteiger partial charge >= 0.3 is 47.7 Å². The molecular weight excluding hydrogens is 1380 g/mol. The molecule has 5 heterocycles. The third kappa shape index (κ3) is 41.5. The number of carbonyl (C=O) groups excluding carboxylic acids is 8. The molecule has 2 aromatic heterocycles. The van der Waals surface area contributed by atoms with Crippen LogP contribution in [0.15, 0.2) is 45.6 Å². The molecule has 2 aromatic rings. The molecule has 0 aromatic carbocycles. The van der Waals surface area contributed by atoms with Crippen LogP contribution < -0.4 is 66.8 Å². The van der Waals surface area contributed by atoms with E-state index in [2.05, 4.69) is 86.1 Å². The van der Waals surface area contributed by atoms with Crippen molar-refractivity contribution in [1.29, 1.82) is 0 Å². The molecule has 3 saturated carbocycles. The number of hydrogen-bond donors (Lipinski definition) is 10. The second-order valence-corrected chi connectivity index (χ2v) is 31.1. The van der Waals surface area contributed by atoms with Crippen LogP contribution in [-0.4, -0.2) is 198 Å². The molecule has 6 amide bonds. The van der Waals surface area contributed by atoms with E-state index in [1.165, 1.54) is 69.6 Å². The number of ether oxygens (including phenoxy) is 2. The first-order valence-corrected chi connectivity index (χ1v) is 39.5. The number of aromatic carboxylic acids is 1. The van der Waals surface area contributed by atoms with Gasteiger partial charge in [0.05, 0.1) is 49.4 Å². The molecule has 607 valence electrons. The van der Waals surface area contributed by atoms with Gasteiger partial charge in [-0.25, -0.2) is 14.4 Å². The minimum absolute atomic E-state index is 0. The van der Waals surface area contributed by atoms with Crippen LogP contribution in [0.5, 0.6) is 0 Å². The second kappa shape index (κ2) is 55.1. The summed E-state index contributed by atoms with van der Waals surface area (Å²) in [5.74, 6) is -0.635. The largest absolute Gasteiger partial charge is 1.00 e. The van der Waals surface area contributed by atoms with E-state index in [0.717, 1.165) is 109 Å². The molecule has 3 radical (unpaired) electrons. The number of β-amino-alcohol motifs (C(OH)–C–C–N with tert-alkyl or cyclic N) is 2. The smallest absolute Gasteiger partial charge is 1.00 e. The Balaban J connectivity index is 0. The topological polar surface area (TPSA) is 350 Å². The number of amides is 6. The number of alkyl carbamates (subject to hydrolysis) is 2.